The van der Waals surface area contributed by atoms with E-state index < -0.39 is 0 Å². The Balaban J connectivity index is 2.37. The van der Waals surface area contributed by atoms with Gasteiger partial charge in [0.15, 0.2) is 0 Å². The van der Waals surface area contributed by atoms with Crippen LogP contribution in [0.4, 0.5) is 0 Å². The molecule has 1 heterocycles. The van der Waals surface area contributed by atoms with E-state index in [2.05, 4.69) is 36.4 Å². The molecule has 0 atom stereocenters. The molecule has 0 aliphatic heterocycles. The van der Waals surface area contributed by atoms with Gasteiger partial charge in [-0.2, -0.15) is 0 Å². The highest BCUT2D eigenvalue weighted by Crippen LogP contribution is 1.98. The molecular formula is C10H20N4. The molecule has 0 aromatic carbocycles. The fourth-order valence-electron chi connectivity index (χ4n) is 1.36. The van der Waals surface area contributed by atoms with Gasteiger partial charge in [-0.05, 0) is 6.42 Å². The van der Waals surface area contributed by atoms with E-state index in [1.54, 1.807) is 0 Å². The molecule has 0 unspecified atom stereocenters. The van der Waals surface area contributed by atoms with Crippen molar-refractivity contribution in [1.29, 1.82) is 0 Å². The van der Waals surface area contributed by atoms with Gasteiger partial charge in [-0.25, -0.2) is 4.68 Å². The van der Waals surface area contributed by atoms with Crippen molar-refractivity contribution in [2.45, 2.75) is 46.2 Å². The quantitative estimate of drug-likeness (QED) is 0.744. The first kappa shape index (κ1) is 11.2. The van der Waals surface area contributed by atoms with Crippen molar-refractivity contribution < 1.29 is 0 Å². The van der Waals surface area contributed by atoms with Crippen LogP contribution in [-0.4, -0.2) is 27.6 Å². The predicted molar refractivity (Wildman–Crippen MR) is 57.2 cm³/mol. The van der Waals surface area contributed by atoms with Crippen LogP contribution in [0.3, 0.4) is 0 Å². The third-order valence-corrected chi connectivity index (χ3v) is 2.07. The lowest BCUT2D eigenvalue weighted by atomic mass is 10.3. The largest absolute Gasteiger partial charge is 0.314 e. The van der Waals surface area contributed by atoms with Crippen LogP contribution in [0.15, 0.2) is 6.20 Å². The summed E-state index contributed by atoms with van der Waals surface area (Å²) in [6, 6.07) is 0.547. The zero-order chi connectivity index (χ0) is 10.4. The topological polar surface area (TPSA) is 42.7 Å². The average molecular weight is 196 g/mol. The molecule has 0 saturated carbocycles. The number of nitrogens with zero attached hydrogens (tertiary/aromatic N) is 3. The van der Waals surface area contributed by atoms with Crippen LogP contribution in [0, 0.1) is 0 Å². The van der Waals surface area contributed by atoms with Gasteiger partial charge in [-0.3, -0.25) is 0 Å². The van der Waals surface area contributed by atoms with Crippen LogP contribution in [0.5, 0.6) is 0 Å². The molecule has 0 amide bonds. The Morgan fingerprint density at radius 2 is 2.29 bits per heavy atom. The first-order valence-electron chi connectivity index (χ1n) is 5.34. The second kappa shape index (κ2) is 5.75. The molecule has 80 valence electrons. The van der Waals surface area contributed by atoms with Gasteiger partial charge in [0.2, 0.25) is 0 Å². The van der Waals surface area contributed by atoms with E-state index in [9.17, 15) is 0 Å². The number of nitrogens with one attached hydrogen (secondary N) is 1. The smallest absolute Gasteiger partial charge is 0.0725 e. The zero-order valence-corrected chi connectivity index (χ0v) is 9.32. The lowest BCUT2D eigenvalue weighted by molar-refractivity contribution is 0.534. The van der Waals surface area contributed by atoms with Crippen molar-refractivity contribution in [1.82, 2.24) is 20.3 Å². The van der Waals surface area contributed by atoms with Gasteiger partial charge in [-0.15, -0.1) is 5.10 Å². The summed E-state index contributed by atoms with van der Waals surface area (Å²) in [4.78, 5) is 0. The Morgan fingerprint density at radius 3 is 2.93 bits per heavy atom. The fourth-order valence-corrected chi connectivity index (χ4v) is 1.36. The van der Waals surface area contributed by atoms with E-state index in [1.165, 1.54) is 5.69 Å². The van der Waals surface area contributed by atoms with E-state index in [0.29, 0.717) is 6.04 Å². The molecule has 0 radical (unpaired) electrons. The molecule has 0 aliphatic carbocycles. The third-order valence-electron chi connectivity index (χ3n) is 2.07. The second-order valence-electron chi connectivity index (χ2n) is 3.81. The zero-order valence-electron chi connectivity index (χ0n) is 9.32. The summed E-state index contributed by atoms with van der Waals surface area (Å²) in [5.41, 5.74) is 1.22. The SMILES string of the molecule is CCCn1nncc1CCNC(C)C. The molecule has 0 bridgehead atoms. The monoisotopic (exact) mass is 196 g/mol. The summed E-state index contributed by atoms with van der Waals surface area (Å²) in [6.45, 7) is 8.42. The second-order valence-corrected chi connectivity index (χ2v) is 3.81. The number of aryl methyl sites for hydroxylation is 1. The summed E-state index contributed by atoms with van der Waals surface area (Å²) in [5.74, 6) is 0. The first-order chi connectivity index (χ1) is 6.74. The number of aromatic nitrogens is 3. The van der Waals surface area contributed by atoms with E-state index in [4.69, 9.17) is 0 Å². The van der Waals surface area contributed by atoms with Gasteiger partial charge in [0.25, 0.3) is 0 Å². The van der Waals surface area contributed by atoms with Crippen molar-refractivity contribution >= 4 is 0 Å². The van der Waals surface area contributed by atoms with Gasteiger partial charge in [0.1, 0.15) is 0 Å². The van der Waals surface area contributed by atoms with E-state index >= 15 is 0 Å². The lowest BCUT2D eigenvalue weighted by Gasteiger charge is -2.08. The fraction of sp³-hybridized carbons (Fsp3) is 0.800. The molecule has 0 saturated heterocycles. The van der Waals surface area contributed by atoms with E-state index in [0.717, 1.165) is 25.9 Å². The molecular weight excluding hydrogens is 176 g/mol. The highest BCUT2D eigenvalue weighted by molar-refractivity contribution is 4.94. The van der Waals surface area contributed by atoms with Crippen LogP contribution >= 0.6 is 0 Å². The Bertz CT molecular complexity index is 254. The number of hydrogen-bond acceptors (Lipinski definition) is 3. The molecule has 1 rings (SSSR count). The molecule has 4 nitrogen and oxygen atoms in total. The Hall–Kier alpha value is -0.900. The normalized spacial score (nSPS) is 11.1. The van der Waals surface area contributed by atoms with Gasteiger partial charge < -0.3 is 5.32 Å². The van der Waals surface area contributed by atoms with Gasteiger partial charge in [0.05, 0.1) is 11.9 Å². The van der Waals surface area contributed by atoms with Crippen LogP contribution < -0.4 is 5.32 Å². The minimum absolute atomic E-state index is 0.547. The van der Waals surface area contributed by atoms with E-state index in [-0.39, 0.29) is 0 Å². The van der Waals surface area contributed by atoms with Crippen molar-refractivity contribution in [3.8, 4) is 0 Å². The molecule has 4 heteroatoms. The summed E-state index contributed by atoms with van der Waals surface area (Å²) in [5, 5.41) is 11.4. The summed E-state index contributed by atoms with van der Waals surface area (Å²) < 4.78 is 1.99. The van der Waals surface area contributed by atoms with Crippen molar-refractivity contribution in [2.24, 2.45) is 0 Å². The maximum Gasteiger partial charge on any atom is 0.0725 e. The predicted octanol–water partition coefficient (Wildman–Crippen LogP) is 1.23. The highest BCUT2D eigenvalue weighted by Gasteiger charge is 2.02. The lowest BCUT2D eigenvalue weighted by Crippen LogP contribution is -2.25. The molecule has 0 aliphatic rings. The Labute approximate surface area is 85.7 Å². The first-order valence-corrected chi connectivity index (χ1v) is 5.34. The minimum atomic E-state index is 0.547. The summed E-state index contributed by atoms with van der Waals surface area (Å²) in [6.07, 6.45) is 3.97. The van der Waals surface area contributed by atoms with Crippen molar-refractivity contribution in [3.05, 3.63) is 11.9 Å². The van der Waals surface area contributed by atoms with Crippen molar-refractivity contribution in [2.75, 3.05) is 6.54 Å². The summed E-state index contributed by atoms with van der Waals surface area (Å²) >= 11 is 0. The number of hydrogen-bond donors (Lipinski definition) is 1. The third kappa shape index (κ3) is 3.46. The van der Waals surface area contributed by atoms with Crippen LogP contribution in [0.2, 0.25) is 0 Å². The molecule has 14 heavy (non-hydrogen) atoms. The molecule has 0 fully saturated rings. The van der Waals surface area contributed by atoms with Crippen LogP contribution in [0.1, 0.15) is 32.9 Å². The Kier molecular flexibility index (Phi) is 4.59. The molecule has 1 aromatic rings. The standard InChI is InChI=1S/C10H20N4/c1-4-7-14-10(8-12-13-14)5-6-11-9(2)3/h8-9,11H,4-7H2,1-3H3. The van der Waals surface area contributed by atoms with E-state index in [1.807, 2.05) is 10.9 Å². The van der Waals surface area contributed by atoms with Crippen molar-refractivity contribution in [3.63, 3.8) is 0 Å². The van der Waals surface area contributed by atoms with Crippen LogP contribution in [0.25, 0.3) is 0 Å². The van der Waals surface area contributed by atoms with Gasteiger partial charge in [0, 0.05) is 25.6 Å². The van der Waals surface area contributed by atoms with Gasteiger partial charge in [-0.1, -0.05) is 26.0 Å². The van der Waals surface area contributed by atoms with Crippen LogP contribution in [-0.2, 0) is 13.0 Å². The molecule has 0 spiro atoms. The number of rotatable bonds is 6. The minimum Gasteiger partial charge on any atom is -0.314 e. The molecule has 1 aromatic heterocycles. The highest BCUT2D eigenvalue weighted by atomic mass is 15.4. The maximum atomic E-state index is 4.04. The maximum absolute atomic E-state index is 4.04. The van der Waals surface area contributed by atoms with Gasteiger partial charge >= 0.3 is 0 Å². The average Bonchev–Trinajstić information content (AvgIpc) is 2.53. The molecule has 1 N–H and O–H groups in total. The Morgan fingerprint density at radius 1 is 1.50 bits per heavy atom. The summed E-state index contributed by atoms with van der Waals surface area (Å²) in [7, 11) is 0.